The van der Waals surface area contributed by atoms with E-state index in [0.29, 0.717) is 25.7 Å². The zero-order chi connectivity index (χ0) is 21.4. The van der Waals surface area contributed by atoms with Gasteiger partial charge in [0.2, 0.25) is 0 Å². The molecule has 1 aliphatic heterocycles. The molecule has 1 aliphatic rings. The molecular weight excluding hydrogens is 507 g/mol. The van der Waals surface area contributed by atoms with Crippen LogP contribution in [0.1, 0.15) is 33.1 Å². The third-order valence-corrected chi connectivity index (χ3v) is 5.12. The normalized spacial score (nSPS) is 16.2. The molecule has 1 saturated heterocycles. The lowest BCUT2D eigenvalue weighted by Gasteiger charge is -2.21. The third-order valence-electron chi connectivity index (χ3n) is 5.12. The number of anilines is 1. The van der Waals surface area contributed by atoms with Crippen LogP contribution in [0.3, 0.4) is 0 Å². The van der Waals surface area contributed by atoms with Crippen LogP contribution in [0.4, 0.5) is 5.69 Å². The van der Waals surface area contributed by atoms with Crippen LogP contribution in [0.5, 0.6) is 5.75 Å². The standard InChI is InChI=1S/C23H40N4O3.HI/c1-4-6-14-29-16-17-30-15-12-25-23(24-5-2)26-18-20-11-13-27(19-20)21-9-7-8-10-22(21)28-3;/h7-10,20H,4-6,11-19H2,1-3H3,(H2,24,25,26);1H. The van der Waals surface area contributed by atoms with E-state index in [-0.39, 0.29) is 24.0 Å². The van der Waals surface area contributed by atoms with E-state index in [0.717, 1.165) is 70.3 Å². The van der Waals surface area contributed by atoms with Crippen LogP contribution in [0.2, 0.25) is 0 Å². The fraction of sp³-hybridized carbons (Fsp3) is 0.696. The van der Waals surface area contributed by atoms with Crippen LogP contribution in [0, 0.1) is 5.92 Å². The second-order valence-corrected chi connectivity index (χ2v) is 7.50. The molecule has 1 heterocycles. The van der Waals surface area contributed by atoms with Gasteiger partial charge in [0, 0.05) is 39.3 Å². The van der Waals surface area contributed by atoms with E-state index in [1.165, 1.54) is 5.69 Å². The van der Waals surface area contributed by atoms with Gasteiger partial charge in [0.1, 0.15) is 5.75 Å². The van der Waals surface area contributed by atoms with Gasteiger partial charge in [-0.3, -0.25) is 4.99 Å². The highest BCUT2D eigenvalue weighted by atomic mass is 127. The highest BCUT2D eigenvalue weighted by Crippen LogP contribution is 2.31. The van der Waals surface area contributed by atoms with Crippen LogP contribution < -0.4 is 20.3 Å². The van der Waals surface area contributed by atoms with Gasteiger partial charge in [-0.15, -0.1) is 24.0 Å². The average Bonchev–Trinajstić information content (AvgIpc) is 3.25. The molecule has 7 nitrogen and oxygen atoms in total. The number of guanidine groups is 1. The molecule has 0 saturated carbocycles. The first-order chi connectivity index (χ1) is 14.8. The molecule has 0 spiro atoms. The smallest absolute Gasteiger partial charge is 0.191 e. The third kappa shape index (κ3) is 10.7. The molecule has 0 aromatic heterocycles. The van der Waals surface area contributed by atoms with Gasteiger partial charge in [-0.2, -0.15) is 0 Å². The number of ether oxygens (including phenoxy) is 3. The number of nitrogens with one attached hydrogen (secondary N) is 2. The van der Waals surface area contributed by atoms with Crippen molar-refractivity contribution in [2.24, 2.45) is 10.9 Å². The molecule has 0 amide bonds. The molecule has 2 rings (SSSR count). The Morgan fingerprint density at radius 3 is 2.61 bits per heavy atom. The van der Waals surface area contributed by atoms with Crippen LogP contribution in [-0.4, -0.2) is 72.2 Å². The van der Waals surface area contributed by atoms with Gasteiger partial charge in [0.15, 0.2) is 5.96 Å². The van der Waals surface area contributed by atoms with Crippen molar-refractivity contribution in [1.82, 2.24) is 10.6 Å². The molecular formula is C23H41IN4O3. The fourth-order valence-electron chi connectivity index (χ4n) is 3.46. The summed E-state index contributed by atoms with van der Waals surface area (Å²) in [6.07, 6.45) is 3.42. The van der Waals surface area contributed by atoms with Crippen molar-refractivity contribution >= 4 is 35.6 Å². The average molecular weight is 549 g/mol. The first-order valence-electron chi connectivity index (χ1n) is 11.3. The second kappa shape index (κ2) is 17.3. The maximum absolute atomic E-state index is 5.62. The van der Waals surface area contributed by atoms with E-state index < -0.39 is 0 Å². The molecule has 1 aromatic carbocycles. The zero-order valence-corrected chi connectivity index (χ0v) is 21.7. The Hall–Kier alpha value is -1.26. The molecule has 1 unspecified atom stereocenters. The fourth-order valence-corrected chi connectivity index (χ4v) is 3.46. The van der Waals surface area contributed by atoms with Gasteiger partial charge >= 0.3 is 0 Å². The van der Waals surface area contributed by atoms with E-state index in [4.69, 9.17) is 19.2 Å². The van der Waals surface area contributed by atoms with Crippen LogP contribution in [0.15, 0.2) is 29.3 Å². The summed E-state index contributed by atoms with van der Waals surface area (Å²) >= 11 is 0. The number of methoxy groups -OCH3 is 1. The summed E-state index contributed by atoms with van der Waals surface area (Å²) in [7, 11) is 1.73. The molecule has 1 aromatic rings. The van der Waals surface area contributed by atoms with Gasteiger partial charge in [-0.1, -0.05) is 25.5 Å². The van der Waals surface area contributed by atoms with Crippen molar-refractivity contribution in [1.29, 1.82) is 0 Å². The molecule has 0 aliphatic carbocycles. The minimum Gasteiger partial charge on any atom is -0.495 e. The summed E-state index contributed by atoms with van der Waals surface area (Å²) < 4.78 is 16.6. The molecule has 0 radical (unpaired) electrons. The SMILES string of the molecule is CCCCOCCOCCNC(=NCC1CCN(c2ccccc2OC)C1)NCC.I. The Morgan fingerprint density at radius 2 is 1.87 bits per heavy atom. The van der Waals surface area contributed by atoms with Crippen LogP contribution in [0.25, 0.3) is 0 Å². The van der Waals surface area contributed by atoms with Gasteiger partial charge in [0.25, 0.3) is 0 Å². The van der Waals surface area contributed by atoms with E-state index in [2.05, 4.69) is 41.5 Å². The number of rotatable bonds is 14. The van der Waals surface area contributed by atoms with Gasteiger partial charge in [-0.25, -0.2) is 0 Å². The lowest BCUT2D eigenvalue weighted by atomic mass is 10.1. The van der Waals surface area contributed by atoms with E-state index >= 15 is 0 Å². The van der Waals surface area contributed by atoms with Gasteiger partial charge in [0.05, 0.1) is 32.6 Å². The zero-order valence-electron chi connectivity index (χ0n) is 19.4. The highest BCUT2D eigenvalue weighted by molar-refractivity contribution is 14.0. The largest absolute Gasteiger partial charge is 0.495 e. The van der Waals surface area contributed by atoms with Crippen molar-refractivity contribution < 1.29 is 14.2 Å². The molecule has 2 N–H and O–H groups in total. The summed E-state index contributed by atoms with van der Waals surface area (Å²) in [4.78, 5) is 7.19. The summed E-state index contributed by atoms with van der Waals surface area (Å²) in [5.41, 5.74) is 1.17. The summed E-state index contributed by atoms with van der Waals surface area (Å²) in [5.74, 6) is 2.34. The molecule has 1 atom stereocenters. The molecule has 178 valence electrons. The molecule has 1 fully saturated rings. The lowest BCUT2D eigenvalue weighted by molar-refractivity contribution is 0.0487. The van der Waals surface area contributed by atoms with Crippen LogP contribution >= 0.6 is 24.0 Å². The minimum absolute atomic E-state index is 0. The van der Waals surface area contributed by atoms with Crippen molar-refractivity contribution in [2.45, 2.75) is 33.1 Å². The predicted octanol–water partition coefficient (Wildman–Crippen LogP) is 3.53. The second-order valence-electron chi connectivity index (χ2n) is 7.50. The Kier molecular flexibility index (Phi) is 15.5. The number of hydrogen-bond donors (Lipinski definition) is 2. The Morgan fingerprint density at radius 1 is 1.10 bits per heavy atom. The van der Waals surface area contributed by atoms with Crippen LogP contribution in [-0.2, 0) is 9.47 Å². The number of benzene rings is 1. The van der Waals surface area contributed by atoms with E-state index in [9.17, 15) is 0 Å². The number of nitrogens with zero attached hydrogens (tertiary/aromatic N) is 2. The van der Waals surface area contributed by atoms with Crippen molar-refractivity contribution in [3.63, 3.8) is 0 Å². The number of para-hydroxylation sites is 2. The first kappa shape index (κ1) is 27.8. The van der Waals surface area contributed by atoms with Crippen molar-refractivity contribution in [3.05, 3.63) is 24.3 Å². The Balaban J connectivity index is 0.00000480. The predicted molar refractivity (Wildman–Crippen MR) is 139 cm³/mol. The van der Waals surface area contributed by atoms with Crippen molar-refractivity contribution in [2.75, 3.05) is 71.2 Å². The minimum atomic E-state index is 0. The van der Waals surface area contributed by atoms with Gasteiger partial charge < -0.3 is 29.7 Å². The maximum Gasteiger partial charge on any atom is 0.191 e. The van der Waals surface area contributed by atoms with Gasteiger partial charge in [-0.05, 0) is 37.8 Å². The monoisotopic (exact) mass is 548 g/mol. The Bertz CT molecular complexity index is 618. The molecule has 31 heavy (non-hydrogen) atoms. The maximum atomic E-state index is 5.62. The summed E-state index contributed by atoms with van der Waals surface area (Å²) in [6.45, 7) is 11.5. The van der Waals surface area contributed by atoms with E-state index in [1.807, 2.05) is 12.1 Å². The summed E-state index contributed by atoms with van der Waals surface area (Å²) in [6, 6.07) is 8.23. The number of aliphatic imine (C=N–C) groups is 1. The van der Waals surface area contributed by atoms with Crippen molar-refractivity contribution in [3.8, 4) is 5.75 Å². The Labute approximate surface area is 205 Å². The lowest BCUT2D eigenvalue weighted by Crippen LogP contribution is -2.39. The highest BCUT2D eigenvalue weighted by Gasteiger charge is 2.24. The van der Waals surface area contributed by atoms with E-state index in [1.54, 1.807) is 7.11 Å². The molecule has 8 heteroatoms. The summed E-state index contributed by atoms with van der Waals surface area (Å²) in [5, 5.41) is 6.67. The number of hydrogen-bond acceptors (Lipinski definition) is 5. The number of halogens is 1. The topological polar surface area (TPSA) is 67.4 Å². The quantitative estimate of drug-likeness (QED) is 0.161. The molecule has 0 bridgehead atoms. The first-order valence-corrected chi connectivity index (χ1v) is 11.3. The number of unbranched alkanes of at least 4 members (excludes halogenated alkanes) is 1.